The van der Waals surface area contributed by atoms with E-state index in [0.717, 1.165) is 49.3 Å². The molecular weight excluding hydrogens is 486 g/mol. The number of aliphatic hydroxyl groups is 1. The van der Waals surface area contributed by atoms with Crippen LogP contribution in [0.25, 0.3) is 11.3 Å². The molecule has 2 aromatic heterocycles. The van der Waals surface area contributed by atoms with E-state index in [-0.39, 0.29) is 31.0 Å². The third-order valence-corrected chi connectivity index (χ3v) is 7.75. The number of morpholine rings is 1. The Hall–Kier alpha value is -3.25. The SMILES string of the molecule is C[C@@H]1COCCN1c1cc(-c2cnc(N)c(Oc3cnn(C4CCN(C)CC4)c3)n2)cc(C2(O)COC2)c1. The van der Waals surface area contributed by atoms with E-state index in [1.807, 2.05) is 23.0 Å². The highest BCUT2D eigenvalue weighted by atomic mass is 16.5. The highest BCUT2D eigenvalue weighted by molar-refractivity contribution is 5.69. The van der Waals surface area contributed by atoms with Gasteiger partial charge in [-0.05, 0) is 63.7 Å². The summed E-state index contributed by atoms with van der Waals surface area (Å²) >= 11 is 0. The number of anilines is 2. The fraction of sp³-hybridized carbons (Fsp3) is 0.519. The van der Waals surface area contributed by atoms with Crippen molar-refractivity contribution in [1.29, 1.82) is 0 Å². The number of aromatic nitrogens is 4. The highest BCUT2D eigenvalue weighted by Crippen LogP contribution is 2.37. The minimum absolute atomic E-state index is 0.199. The summed E-state index contributed by atoms with van der Waals surface area (Å²) in [6.45, 7) is 6.82. The van der Waals surface area contributed by atoms with Crippen LogP contribution in [0, 0.1) is 0 Å². The number of rotatable bonds is 6. The molecule has 1 atom stereocenters. The number of ether oxygens (including phenoxy) is 3. The number of hydrogen-bond acceptors (Lipinski definition) is 10. The van der Waals surface area contributed by atoms with Gasteiger partial charge in [0.2, 0.25) is 0 Å². The molecule has 38 heavy (non-hydrogen) atoms. The van der Waals surface area contributed by atoms with E-state index in [1.54, 1.807) is 12.4 Å². The topological polar surface area (TPSA) is 124 Å². The van der Waals surface area contributed by atoms with Crippen molar-refractivity contribution in [2.24, 2.45) is 0 Å². The zero-order valence-corrected chi connectivity index (χ0v) is 21.9. The second-order valence-electron chi connectivity index (χ2n) is 10.6. The standard InChI is InChI=1S/C27H35N7O4/c1-18-15-36-8-7-33(18)22-10-19(9-20(11-22)27(35)16-37-17-27)24-13-29-25(28)26(31-24)38-23-12-30-34(14-23)21-3-5-32(2)6-4-21/h9-14,18,21,35H,3-8,15-17H2,1-2H3,(H2,28,29)/t18-/m1/s1. The summed E-state index contributed by atoms with van der Waals surface area (Å²) in [6.07, 6.45) is 7.32. The first-order chi connectivity index (χ1) is 18.4. The molecule has 3 N–H and O–H groups in total. The van der Waals surface area contributed by atoms with Gasteiger partial charge in [-0.15, -0.1) is 0 Å². The number of benzene rings is 1. The lowest BCUT2D eigenvalue weighted by Gasteiger charge is -2.39. The molecule has 1 aromatic carbocycles. The molecule has 0 saturated carbocycles. The molecule has 3 fully saturated rings. The molecule has 5 heterocycles. The van der Waals surface area contributed by atoms with Crippen molar-refractivity contribution in [3.8, 4) is 22.9 Å². The van der Waals surface area contributed by atoms with E-state index in [9.17, 15) is 5.11 Å². The first-order valence-corrected chi connectivity index (χ1v) is 13.2. The van der Waals surface area contributed by atoms with Gasteiger partial charge in [0.05, 0.1) is 56.8 Å². The number of nitrogens with zero attached hydrogens (tertiary/aromatic N) is 6. The molecule has 0 radical (unpaired) electrons. The summed E-state index contributed by atoms with van der Waals surface area (Å²) in [5, 5.41) is 15.6. The van der Waals surface area contributed by atoms with Crippen LogP contribution >= 0.6 is 0 Å². The summed E-state index contributed by atoms with van der Waals surface area (Å²) < 4.78 is 19.0. The van der Waals surface area contributed by atoms with Crippen LogP contribution in [-0.2, 0) is 15.1 Å². The maximum Gasteiger partial charge on any atom is 0.263 e. The van der Waals surface area contributed by atoms with Gasteiger partial charge in [-0.2, -0.15) is 5.10 Å². The van der Waals surface area contributed by atoms with Gasteiger partial charge in [-0.3, -0.25) is 4.68 Å². The van der Waals surface area contributed by atoms with Crippen molar-refractivity contribution in [3.63, 3.8) is 0 Å². The first kappa shape index (κ1) is 25.1. The van der Waals surface area contributed by atoms with Gasteiger partial charge in [0.1, 0.15) is 5.60 Å². The van der Waals surface area contributed by atoms with E-state index in [1.165, 1.54) is 0 Å². The number of piperidine rings is 1. The largest absolute Gasteiger partial charge is 0.433 e. The molecule has 3 saturated heterocycles. The average molecular weight is 522 g/mol. The van der Waals surface area contributed by atoms with Crippen molar-refractivity contribution in [2.45, 2.75) is 37.5 Å². The summed E-state index contributed by atoms with van der Waals surface area (Å²) in [6, 6.07) is 6.60. The van der Waals surface area contributed by atoms with Crippen LogP contribution in [0.3, 0.4) is 0 Å². The molecule has 202 valence electrons. The van der Waals surface area contributed by atoms with Crippen molar-refractivity contribution in [2.75, 3.05) is 63.7 Å². The predicted octanol–water partition coefficient (Wildman–Crippen LogP) is 2.42. The molecule has 0 spiro atoms. The van der Waals surface area contributed by atoms with Gasteiger partial charge in [0.25, 0.3) is 5.88 Å². The number of hydrogen-bond donors (Lipinski definition) is 2. The molecule has 0 unspecified atom stereocenters. The molecule has 0 bridgehead atoms. The lowest BCUT2D eigenvalue weighted by atomic mass is 9.89. The molecule has 0 amide bonds. The zero-order chi connectivity index (χ0) is 26.3. The average Bonchev–Trinajstić information content (AvgIpc) is 3.37. The van der Waals surface area contributed by atoms with Crippen LogP contribution in [0.15, 0.2) is 36.8 Å². The van der Waals surface area contributed by atoms with E-state index < -0.39 is 5.60 Å². The Morgan fingerprint density at radius 2 is 1.92 bits per heavy atom. The van der Waals surface area contributed by atoms with Gasteiger partial charge >= 0.3 is 0 Å². The van der Waals surface area contributed by atoms with Gasteiger partial charge in [-0.1, -0.05) is 0 Å². The molecule has 6 rings (SSSR count). The minimum Gasteiger partial charge on any atom is -0.433 e. The monoisotopic (exact) mass is 521 g/mol. The van der Waals surface area contributed by atoms with Crippen LogP contribution in [0.4, 0.5) is 11.5 Å². The first-order valence-electron chi connectivity index (χ1n) is 13.2. The van der Waals surface area contributed by atoms with Crippen molar-refractivity contribution in [1.82, 2.24) is 24.6 Å². The lowest BCUT2D eigenvalue weighted by Crippen LogP contribution is -2.47. The molecule has 0 aliphatic carbocycles. The molecule has 3 aliphatic heterocycles. The Labute approximate surface area is 222 Å². The van der Waals surface area contributed by atoms with Crippen LogP contribution in [0.1, 0.15) is 31.4 Å². The normalized spacial score (nSPS) is 22.3. The lowest BCUT2D eigenvalue weighted by molar-refractivity contribution is -0.184. The second-order valence-corrected chi connectivity index (χ2v) is 10.6. The Balaban J connectivity index is 1.29. The van der Waals surface area contributed by atoms with Crippen molar-refractivity contribution < 1.29 is 19.3 Å². The maximum absolute atomic E-state index is 11.1. The third-order valence-electron chi connectivity index (χ3n) is 7.75. The van der Waals surface area contributed by atoms with Crippen LogP contribution in [-0.4, -0.2) is 88.9 Å². The van der Waals surface area contributed by atoms with Gasteiger partial charge < -0.3 is 34.9 Å². The minimum atomic E-state index is -1.02. The van der Waals surface area contributed by atoms with E-state index in [0.29, 0.717) is 30.7 Å². The molecular formula is C27H35N7O4. The number of nitrogen functional groups attached to an aromatic ring is 1. The fourth-order valence-corrected chi connectivity index (χ4v) is 5.31. The molecule has 11 heteroatoms. The predicted molar refractivity (Wildman–Crippen MR) is 142 cm³/mol. The van der Waals surface area contributed by atoms with Gasteiger partial charge in [0, 0.05) is 23.8 Å². The van der Waals surface area contributed by atoms with Gasteiger partial charge in [-0.25, -0.2) is 9.97 Å². The molecule has 3 aliphatic rings. The number of likely N-dealkylation sites (tertiary alicyclic amines) is 1. The van der Waals surface area contributed by atoms with E-state index in [4.69, 9.17) is 24.9 Å². The van der Waals surface area contributed by atoms with E-state index in [2.05, 4.69) is 39.9 Å². The number of nitrogens with two attached hydrogens (primary N) is 1. The summed E-state index contributed by atoms with van der Waals surface area (Å²) in [5.74, 6) is 0.993. The Morgan fingerprint density at radius 1 is 1.11 bits per heavy atom. The maximum atomic E-state index is 11.1. The Morgan fingerprint density at radius 3 is 2.66 bits per heavy atom. The zero-order valence-electron chi connectivity index (χ0n) is 21.9. The summed E-state index contributed by atoms with van der Waals surface area (Å²) in [5.41, 5.74) is 8.34. The van der Waals surface area contributed by atoms with Crippen LogP contribution in [0.2, 0.25) is 0 Å². The van der Waals surface area contributed by atoms with Crippen molar-refractivity contribution >= 4 is 11.5 Å². The van der Waals surface area contributed by atoms with Crippen LogP contribution < -0.4 is 15.4 Å². The van der Waals surface area contributed by atoms with Crippen molar-refractivity contribution in [3.05, 3.63) is 42.4 Å². The molecule has 3 aromatic rings. The van der Waals surface area contributed by atoms with Gasteiger partial charge in [0.15, 0.2) is 11.6 Å². The van der Waals surface area contributed by atoms with E-state index >= 15 is 0 Å². The second kappa shape index (κ2) is 10.1. The highest BCUT2D eigenvalue weighted by Gasteiger charge is 2.39. The smallest absolute Gasteiger partial charge is 0.263 e. The Bertz CT molecular complexity index is 1290. The summed E-state index contributed by atoms with van der Waals surface area (Å²) in [4.78, 5) is 13.7. The Kier molecular flexibility index (Phi) is 6.68. The summed E-state index contributed by atoms with van der Waals surface area (Å²) in [7, 11) is 2.14. The fourth-order valence-electron chi connectivity index (χ4n) is 5.31. The quantitative estimate of drug-likeness (QED) is 0.500. The van der Waals surface area contributed by atoms with Crippen LogP contribution in [0.5, 0.6) is 11.6 Å². The third kappa shape index (κ3) is 4.94. The molecule has 11 nitrogen and oxygen atoms in total.